The van der Waals surface area contributed by atoms with Gasteiger partial charge in [0, 0.05) is 36.6 Å². The van der Waals surface area contributed by atoms with Crippen molar-refractivity contribution in [2.24, 2.45) is 5.41 Å². The first kappa shape index (κ1) is 20.6. The Balaban J connectivity index is 1.43. The Hall–Kier alpha value is -2.63. The third-order valence-corrected chi connectivity index (χ3v) is 5.57. The highest BCUT2D eigenvalue weighted by Gasteiger charge is 2.33. The van der Waals surface area contributed by atoms with Crippen molar-refractivity contribution >= 4 is 12.6 Å². The summed E-state index contributed by atoms with van der Waals surface area (Å²) in [5.41, 5.74) is 7.06. The van der Waals surface area contributed by atoms with E-state index in [-0.39, 0.29) is 12.5 Å². The van der Waals surface area contributed by atoms with Crippen LogP contribution < -0.4 is 10.2 Å². The van der Waals surface area contributed by atoms with Gasteiger partial charge in [0.1, 0.15) is 12.4 Å². The second-order valence-corrected chi connectivity index (χ2v) is 8.76. The Morgan fingerprint density at radius 2 is 1.70 bits per heavy atom. The smallest absolute Gasteiger partial charge is 0.489 e. The van der Waals surface area contributed by atoms with Crippen LogP contribution in [0.25, 0.3) is 11.1 Å². The molecule has 5 heteroatoms. The molecule has 1 aromatic heterocycles. The van der Waals surface area contributed by atoms with Gasteiger partial charge >= 0.3 is 7.12 Å². The first-order chi connectivity index (χ1) is 14.4. The Labute approximate surface area is 179 Å². The summed E-state index contributed by atoms with van der Waals surface area (Å²) < 4.78 is 17.8. The van der Waals surface area contributed by atoms with Crippen molar-refractivity contribution in [3.05, 3.63) is 77.6 Å². The van der Waals surface area contributed by atoms with E-state index >= 15 is 0 Å². The number of benzene rings is 2. The highest BCUT2D eigenvalue weighted by atomic mass is 16.6. The third kappa shape index (κ3) is 4.58. The maximum Gasteiger partial charge on any atom is 0.493 e. The monoisotopic (exact) mass is 401 g/mol. The molecule has 0 saturated carbocycles. The molecule has 3 aromatic rings. The van der Waals surface area contributed by atoms with Gasteiger partial charge in [0.05, 0.1) is 0 Å². The number of ether oxygens (including phenoxy) is 1. The molecule has 0 radical (unpaired) electrons. The largest absolute Gasteiger partial charge is 0.493 e. The average molecular weight is 401 g/mol. The van der Waals surface area contributed by atoms with E-state index in [0.29, 0.717) is 19.8 Å². The van der Waals surface area contributed by atoms with E-state index in [9.17, 15) is 0 Å². The molecule has 30 heavy (non-hydrogen) atoms. The highest BCUT2D eigenvalue weighted by molar-refractivity contribution is 6.61. The van der Waals surface area contributed by atoms with Crippen LogP contribution >= 0.6 is 0 Å². The van der Waals surface area contributed by atoms with Crippen molar-refractivity contribution in [2.45, 2.75) is 34.3 Å². The van der Waals surface area contributed by atoms with Gasteiger partial charge in [-0.3, -0.25) is 4.98 Å². The molecule has 0 unspecified atom stereocenters. The number of aromatic nitrogens is 1. The predicted molar refractivity (Wildman–Crippen MR) is 121 cm³/mol. The number of hydrogen-bond acceptors (Lipinski definition) is 4. The van der Waals surface area contributed by atoms with Crippen LogP contribution in [0.15, 0.2) is 60.9 Å². The molecular weight excluding hydrogens is 373 g/mol. The van der Waals surface area contributed by atoms with Gasteiger partial charge in [-0.15, -0.1) is 0 Å². The molecule has 2 aromatic carbocycles. The van der Waals surface area contributed by atoms with Crippen LogP contribution in [0.4, 0.5) is 0 Å². The van der Waals surface area contributed by atoms with Crippen LogP contribution in [0.1, 0.15) is 30.5 Å². The lowest BCUT2D eigenvalue weighted by molar-refractivity contribution is 0.0343. The molecule has 0 bridgehead atoms. The molecule has 0 spiro atoms. The minimum atomic E-state index is -0.297. The maximum atomic E-state index is 6.07. The SMILES string of the molecule is Cc1ccncc1-c1cccc(COc2ccc(B3OCC(C)(C)CO3)cc2)c1C. The first-order valence-corrected chi connectivity index (χ1v) is 10.4. The lowest BCUT2D eigenvalue weighted by atomic mass is 9.76. The zero-order chi connectivity index (χ0) is 21.1. The summed E-state index contributed by atoms with van der Waals surface area (Å²) in [5.74, 6) is 0.831. The van der Waals surface area contributed by atoms with E-state index in [1.165, 1.54) is 22.3 Å². The van der Waals surface area contributed by atoms with E-state index in [1.54, 1.807) is 0 Å². The fourth-order valence-corrected chi connectivity index (χ4v) is 3.64. The Morgan fingerprint density at radius 1 is 0.967 bits per heavy atom. The summed E-state index contributed by atoms with van der Waals surface area (Å²) in [5, 5.41) is 0. The Morgan fingerprint density at radius 3 is 2.40 bits per heavy atom. The Bertz CT molecular complexity index is 1010. The van der Waals surface area contributed by atoms with E-state index < -0.39 is 0 Å². The van der Waals surface area contributed by atoms with Gasteiger partial charge in [0.2, 0.25) is 0 Å². The van der Waals surface area contributed by atoms with E-state index in [0.717, 1.165) is 16.8 Å². The molecular formula is C25H28BNO3. The van der Waals surface area contributed by atoms with Crippen LogP contribution in [0.5, 0.6) is 5.75 Å². The molecule has 1 saturated heterocycles. The minimum Gasteiger partial charge on any atom is -0.489 e. The summed E-state index contributed by atoms with van der Waals surface area (Å²) in [6.45, 7) is 10.5. The zero-order valence-corrected chi connectivity index (χ0v) is 18.1. The normalized spacial score (nSPS) is 15.8. The second kappa shape index (κ2) is 8.62. The lowest BCUT2D eigenvalue weighted by Crippen LogP contribution is -2.47. The van der Waals surface area contributed by atoms with E-state index in [2.05, 4.69) is 50.9 Å². The maximum absolute atomic E-state index is 6.07. The van der Waals surface area contributed by atoms with Gasteiger partial charge in [0.25, 0.3) is 0 Å². The molecule has 1 aliphatic rings. The molecule has 4 rings (SSSR count). The Kier molecular flexibility index (Phi) is 5.93. The molecule has 4 nitrogen and oxygen atoms in total. The lowest BCUT2D eigenvalue weighted by Gasteiger charge is -2.33. The fourth-order valence-electron chi connectivity index (χ4n) is 3.64. The average Bonchev–Trinajstić information content (AvgIpc) is 2.74. The molecule has 0 atom stereocenters. The topological polar surface area (TPSA) is 40.6 Å². The molecule has 0 N–H and O–H groups in total. The second-order valence-electron chi connectivity index (χ2n) is 8.76. The number of rotatable bonds is 5. The van der Waals surface area contributed by atoms with Gasteiger partial charge in [-0.05, 0) is 59.8 Å². The summed E-state index contributed by atoms with van der Waals surface area (Å²) in [7, 11) is -0.297. The van der Waals surface area contributed by atoms with Crippen molar-refractivity contribution in [1.29, 1.82) is 0 Å². The number of pyridine rings is 1. The highest BCUT2D eigenvalue weighted by Crippen LogP contribution is 2.28. The van der Waals surface area contributed by atoms with Crippen LogP contribution in [0, 0.1) is 19.3 Å². The zero-order valence-electron chi connectivity index (χ0n) is 18.1. The van der Waals surface area contributed by atoms with Crippen molar-refractivity contribution in [1.82, 2.24) is 4.98 Å². The third-order valence-electron chi connectivity index (χ3n) is 5.57. The van der Waals surface area contributed by atoms with Gasteiger partial charge in [-0.25, -0.2) is 0 Å². The number of hydrogen-bond donors (Lipinski definition) is 0. The molecule has 0 amide bonds. The standard InChI is InChI=1S/C25H28BNO3/c1-18-12-13-27-14-24(18)23-7-5-6-20(19(23)2)15-28-22-10-8-21(9-11-22)26-29-16-25(3,4)17-30-26/h5-14H,15-17H2,1-4H3. The summed E-state index contributed by atoms with van der Waals surface area (Å²) in [4.78, 5) is 4.29. The fraction of sp³-hybridized carbons (Fsp3) is 0.320. The molecule has 2 heterocycles. The van der Waals surface area contributed by atoms with Crippen molar-refractivity contribution in [3.63, 3.8) is 0 Å². The minimum absolute atomic E-state index is 0.0697. The quantitative estimate of drug-likeness (QED) is 0.581. The first-order valence-electron chi connectivity index (χ1n) is 10.4. The van der Waals surface area contributed by atoms with Crippen molar-refractivity contribution < 1.29 is 14.0 Å². The van der Waals surface area contributed by atoms with Gasteiger partial charge < -0.3 is 14.0 Å². The molecule has 154 valence electrons. The summed E-state index contributed by atoms with van der Waals surface area (Å²) in [6, 6.07) is 16.4. The molecule has 1 fully saturated rings. The van der Waals surface area contributed by atoms with Crippen LogP contribution in [-0.4, -0.2) is 25.3 Å². The number of nitrogens with zero attached hydrogens (tertiary/aromatic N) is 1. The van der Waals surface area contributed by atoms with Gasteiger partial charge in [0.15, 0.2) is 0 Å². The van der Waals surface area contributed by atoms with E-state index in [1.807, 2.05) is 42.7 Å². The van der Waals surface area contributed by atoms with Crippen LogP contribution in [0.2, 0.25) is 0 Å². The van der Waals surface area contributed by atoms with E-state index in [4.69, 9.17) is 14.0 Å². The summed E-state index contributed by atoms with van der Waals surface area (Å²) in [6.07, 6.45) is 3.76. The molecule has 1 aliphatic heterocycles. The van der Waals surface area contributed by atoms with Crippen molar-refractivity contribution in [3.8, 4) is 16.9 Å². The van der Waals surface area contributed by atoms with Crippen LogP contribution in [0.3, 0.4) is 0 Å². The van der Waals surface area contributed by atoms with Crippen LogP contribution in [-0.2, 0) is 15.9 Å². The molecule has 0 aliphatic carbocycles. The van der Waals surface area contributed by atoms with Crippen molar-refractivity contribution in [2.75, 3.05) is 13.2 Å². The number of aryl methyl sites for hydroxylation is 1. The van der Waals surface area contributed by atoms with Gasteiger partial charge in [-0.2, -0.15) is 0 Å². The predicted octanol–water partition coefficient (Wildman–Crippen LogP) is 4.71. The van der Waals surface area contributed by atoms with Gasteiger partial charge in [-0.1, -0.05) is 44.2 Å². The summed E-state index contributed by atoms with van der Waals surface area (Å²) >= 11 is 0.